The molecular weight excluding hydrogens is 358 g/mol. The Hall–Kier alpha value is -3.42. The van der Waals surface area contributed by atoms with Gasteiger partial charge >= 0.3 is 5.97 Å². The third kappa shape index (κ3) is 3.17. The molecule has 3 heterocycles. The zero-order chi connectivity index (χ0) is 19.7. The van der Waals surface area contributed by atoms with E-state index in [9.17, 15) is 14.7 Å². The number of hydrogen-bond acceptors (Lipinski definition) is 4. The van der Waals surface area contributed by atoms with E-state index in [0.717, 1.165) is 28.8 Å². The van der Waals surface area contributed by atoms with E-state index in [-0.39, 0.29) is 11.6 Å². The molecule has 0 radical (unpaired) electrons. The number of rotatable bonds is 6. The number of amides is 1. The number of aromatic nitrogens is 4. The predicted octanol–water partition coefficient (Wildman–Crippen LogP) is 1.90. The molecule has 28 heavy (non-hydrogen) atoms. The quantitative estimate of drug-likeness (QED) is 0.637. The minimum absolute atomic E-state index is 0.146. The average Bonchev–Trinajstić information content (AvgIpc) is 3.28. The van der Waals surface area contributed by atoms with Gasteiger partial charge in [0.1, 0.15) is 11.4 Å². The highest BCUT2D eigenvalue weighted by atomic mass is 16.4. The van der Waals surface area contributed by atoms with Gasteiger partial charge in [-0.25, -0.2) is 4.79 Å². The molecule has 2 N–H and O–H groups in total. The van der Waals surface area contributed by atoms with E-state index in [1.165, 1.54) is 0 Å². The Morgan fingerprint density at radius 3 is 2.89 bits per heavy atom. The van der Waals surface area contributed by atoms with Gasteiger partial charge < -0.3 is 15.0 Å². The van der Waals surface area contributed by atoms with Crippen LogP contribution in [-0.2, 0) is 26.4 Å². The largest absolute Gasteiger partial charge is 0.477 e. The topological polar surface area (TPSA) is 102 Å². The summed E-state index contributed by atoms with van der Waals surface area (Å²) in [5, 5.41) is 17.2. The molecule has 0 atom stereocenters. The van der Waals surface area contributed by atoms with Gasteiger partial charge in [-0.15, -0.1) is 0 Å². The van der Waals surface area contributed by atoms with Gasteiger partial charge in [-0.05, 0) is 43.0 Å². The lowest BCUT2D eigenvalue weighted by atomic mass is 9.90. The summed E-state index contributed by atoms with van der Waals surface area (Å²) >= 11 is 0. The van der Waals surface area contributed by atoms with E-state index in [1.54, 1.807) is 21.5 Å². The number of nitrogens with one attached hydrogen (secondary N) is 1. The van der Waals surface area contributed by atoms with Crippen LogP contribution >= 0.6 is 0 Å². The summed E-state index contributed by atoms with van der Waals surface area (Å²) in [4.78, 5) is 28.2. The van der Waals surface area contributed by atoms with Crippen LogP contribution in [0.1, 0.15) is 38.5 Å². The molecule has 0 spiro atoms. The van der Waals surface area contributed by atoms with E-state index >= 15 is 0 Å². The molecule has 4 rings (SSSR count). The Labute approximate surface area is 161 Å². The van der Waals surface area contributed by atoms with Crippen LogP contribution in [-0.4, -0.2) is 42.9 Å². The molecule has 0 fully saturated rings. The van der Waals surface area contributed by atoms with E-state index in [1.807, 2.05) is 31.6 Å². The third-order valence-electron chi connectivity index (χ3n) is 5.06. The van der Waals surface area contributed by atoms with Crippen molar-refractivity contribution < 1.29 is 14.7 Å². The number of aryl methyl sites for hydroxylation is 3. The molecule has 0 saturated heterocycles. The van der Waals surface area contributed by atoms with Crippen molar-refractivity contribution in [2.75, 3.05) is 6.54 Å². The summed E-state index contributed by atoms with van der Waals surface area (Å²) in [7, 11) is 1.82. The molecule has 3 aromatic heterocycles. The van der Waals surface area contributed by atoms with Crippen LogP contribution in [0.25, 0.3) is 11.3 Å². The molecule has 3 aromatic rings. The summed E-state index contributed by atoms with van der Waals surface area (Å²) in [6.07, 6.45) is 7.31. The Morgan fingerprint density at radius 1 is 1.29 bits per heavy atom. The minimum Gasteiger partial charge on any atom is -0.477 e. The summed E-state index contributed by atoms with van der Waals surface area (Å²) in [5.74, 6) is -1.12. The molecule has 8 nitrogen and oxygen atoms in total. The number of carboxylic acid groups (broad SMARTS) is 1. The molecule has 0 bridgehead atoms. The lowest BCUT2D eigenvalue weighted by Crippen LogP contribution is -2.27. The van der Waals surface area contributed by atoms with Crippen LogP contribution in [0, 0.1) is 0 Å². The van der Waals surface area contributed by atoms with Gasteiger partial charge in [0.05, 0.1) is 5.69 Å². The number of nitrogens with zero attached hydrogens (tertiary/aromatic N) is 4. The first-order chi connectivity index (χ1) is 13.6. The molecule has 0 aromatic carbocycles. The highest BCUT2D eigenvalue weighted by Crippen LogP contribution is 2.34. The minimum atomic E-state index is -0.973. The van der Waals surface area contributed by atoms with E-state index in [0.29, 0.717) is 31.6 Å². The zero-order valence-corrected chi connectivity index (χ0v) is 15.6. The lowest BCUT2D eigenvalue weighted by Gasteiger charge is -2.14. The van der Waals surface area contributed by atoms with Crippen LogP contribution in [0.2, 0.25) is 0 Å². The van der Waals surface area contributed by atoms with Gasteiger partial charge in [0.2, 0.25) is 0 Å². The van der Waals surface area contributed by atoms with Gasteiger partial charge in [-0.3, -0.25) is 14.5 Å². The van der Waals surface area contributed by atoms with Crippen LogP contribution in [0.4, 0.5) is 0 Å². The van der Waals surface area contributed by atoms with Gasteiger partial charge in [-0.2, -0.15) is 5.10 Å². The molecule has 1 aliphatic rings. The van der Waals surface area contributed by atoms with Gasteiger partial charge in [-0.1, -0.05) is 0 Å². The third-order valence-corrected chi connectivity index (χ3v) is 5.06. The summed E-state index contributed by atoms with van der Waals surface area (Å²) in [6, 6.07) is 5.46. The fourth-order valence-electron chi connectivity index (χ4n) is 3.69. The molecular formula is C20H21N5O3. The molecule has 8 heteroatoms. The standard InChI is InChI=1S/C20H21N5O3/c1-24-10-2-4-16(24)19(26)22-8-3-11-25-18(20(27)28)15-6-5-13-12-21-9-7-14(13)17(15)23-25/h2,4,7,9-10,12H,3,5-6,8,11H2,1H3,(H,22,26)(H,27,28). The summed E-state index contributed by atoms with van der Waals surface area (Å²) < 4.78 is 3.31. The van der Waals surface area contributed by atoms with Crippen molar-refractivity contribution in [2.24, 2.45) is 7.05 Å². The second kappa shape index (κ2) is 7.30. The maximum Gasteiger partial charge on any atom is 0.354 e. The fourth-order valence-corrected chi connectivity index (χ4v) is 3.69. The molecule has 0 aliphatic heterocycles. The predicted molar refractivity (Wildman–Crippen MR) is 102 cm³/mol. The number of aromatic carboxylic acids is 1. The summed E-state index contributed by atoms with van der Waals surface area (Å²) in [6.45, 7) is 0.858. The second-order valence-electron chi connectivity index (χ2n) is 6.85. The Balaban J connectivity index is 1.48. The normalized spacial score (nSPS) is 12.3. The monoisotopic (exact) mass is 379 g/mol. The first-order valence-corrected chi connectivity index (χ1v) is 9.22. The first-order valence-electron chi connectivity index (χ1n) is 9.22. The number of fused-ring (bicyclic) bond motifs is 3. The highest BCUT2D eigenvalue weighted by Gasteiger charge is 2.28. The van der Waals surface area contributed by atoms with E-state index in [4.69, 9.17) is 0 Å². The molecule has 1 amide bonds. The van der Waals surface area contributed by atoms with Crippen LogP contribution in [0.15, 0.2) is 36.8 Å². The lowest BCUT2D eigenvalue weighted by molar-refractivity contribution is 0.0681. The number of pyridine rings is 1. The van der Waals surface area contributed by atoms with Crippen molar-refractivity contribution in [1.29, 1.82) is 0 Å². The number of hydrogen-bond donors (Lipinski definition) is 2. The maximum absolute atomic E-state index is 12.2. The fraction of sp³-hybridized carbons (Fsp3) is 0.300. The van der Waals surface area contributed by atoms with Gasteiger partial charge in [0, 0.05) is 49.9 Å². The van der Waals surface area contributed by atoms with Gasteiger partial charge in [0.25, 0.3) is 5.91 Å². The van der Waals surface area contributed by atoms with Crippen LogP contribution in [0.3, 0.4) is 0 Å². The maximum atomic E-state index is 12.2. The molecule has 0 unspecified atom stereocenters. The Kier molecular flexibility index (Phi) is 4.68. The summed E-state index contributed by atoms with van der Waals surface area (Å²) in [5.41, 5.74) is 4.38. The van der Waals surface area contributed by atoms with E-state index < -0.39 is 5.97 Å². The van der Waals surface area contributed by atoms with Crippen molar-refractivity contribution in [3.8, 4) is 11.3 Å². The van der Waals surface area contributed by atoms with Crippen molar-refractivity contribution in [3.63, 3.8) is 0 Å². The molecule has 0 saturated carbocycles. The van der Waals surface area contributed by atoms with Crippen LogP contribution in [0.5, 0.6) is 0 Å². The molecule has 1 aliphatic carbocycles. The zero-order valence-electron chi connectivity index (χ0n) is 15.6. The second-order valence-corrected chi connectivity index (χ2v) is 6.85. The Morgan fingerprint density at radius 2 is 2.14 bits per heavy atom. The van der Waals surface area contributed by atoms with Crippen molar-refractivity contribution in [3.05, 3.63) is 59.3 Å². The average molecular weight is 379 g/mol. The highest BCUT2D eigenvalue weighted by molar-refractivity contribution is 5.92. The van der Waals surface area contributed by atoms with Crippen LogP contribution < -0.4 is 5.32 Å². The molecule has 144 valence electrons. The first kappa shape index (κ1) is 18.0. The number of carboxylic acids is 1. The number of carbonyl (C=O) groups excluding carboxylic acids is 1. The van der Waals surface area contributed by atoms with Gasteiger partial charge in [0.15, 0.2) is 0 Å². The van der Waals surface area contributed by atoms with E-state index in [2.05, 4.69) is 15.4 Å². The van der Waals surface area contributed by atoms with Crippen molar-refractivity contribution in [1.82, 2.24) is 24.6 Å². The smallest absolute Gasteiger partial charge is 0.354 e. The number of carbonyl (C=O) groups is 2. The Bertz CT molecular complexity index is 1050. The van der Waals surface area contributed by atoms with Crippen molar-refractivity contribution >= 4 is 11.9 Å². The SMILES string of the molecule is Cn1cccc1C(=O)NCCCn1nc2c(c1C(=O)O)CCc1cnccc1-2. The van der Waals surface area contributed by atoms with Crippen molar-refractivity contribution in [2.45, 2.75) is 25.8 Å².